The maximum atomic E-state index is 12.9. The first-order valence-electron chi connectivity index (χ1n) is 8.82. The van der Waals surface area contributed by atoms with Crippen LogP contribution in [0.5, 0.6) is 5.75 Å². The minimum absolute atomic E-state index is 0.0986. The molecule has 3 rings (SSSR count). The maximum absolute atomic E-state index is 12.9. The lowest BCUT2D eigenvalue weighted by Crippen LogP contribution is -2.37. The summed E-state index contributed by atoms with van der Waals surface area (Å²) in [5.74, 6) is 0.715. The van der Waals surface area contributed by atoms with Gasteiger partial charge in [-0.1, -0.05) is 42.5 Å². The molecule has 0 aliphatic heterocycles. The van der Waals surface area contributed by atoms with Crippen LogP contribution >= 0.6 is 0 Å². The predicted molar refractivity (Wildman–Crippen MR) is 102 cm³/mol. The molecule has 1 atom stereocenters. The zero-order valence-electron chi connectivity index (χ0n) is 15.7. The summed E-state index contributed by atoms with van der Waals surface area (Å²) in [5, 5.41) is 14.2. The van der Waals surface area contributed by atoms with Crippen molar-refractivity contribution in [2.75, 3.05) is 13.7 Å². The Morgan fingerprint density at radius 3 is 2.61 bits per heavy atom. The number of aromatic nitrogens is 4. The highest BCUT2D eigenvalue weighted by Crippen LogP contribution is 2.19. The van der Waals surface area contributed by atoms with E-state index in [1.54, 1.807) is 38.3 Å². The molecular formula is C20H21N5O3. The molecule has 1 heterocycles. The van der Waals surface area contributed by atoms with Gasteiger partial charge >= 0.3 is 0 Å². The second-order valence-corrected chi connectivity index (χ2v) is 6.25. The van der Waals surface area contributed by atoms with Crippen LogP contribution in [0.15, 0.2) is 54.6 Å². The number of carbonyl (C=O) groups excluding carboxylic acids is 2. The molecule has 28 heavy (non-hydrogen) atoms. The molecule has 1 aromatic heterocycles. The summed E-state index contributed by atoms with van der Waals surface area (Å²) in [4.78, 5) is 25.2. The van der Waals surface area contributed by atoms with E-state index in [1.165, 1.54) is 4.68 Å². The lowest BCUT2D eigenvalue weighted by molar-refractivity contribution is -0.124. The average molecular weight is 379 g/mol. The van der Waals surface area contributed by atoms with Crippen LogP contribution in [0, 0.1) is 6.92 Å². The molecule has 0 saturated heterocycles. The number of aryl methyl sites for hydroxylation is 1. The quantitative estimate of drug-likeness (QED) is 0.599. The van der Waals surface area contributed by atoms with Crippen molar-refractivity contribution in [3.8, 4) is 5.75 Å². The number of ketones is 1. The minimum Gasteiger partial charge on any atom is -0.497 e. The number of benzene rings is 2. The fraction of sp³-hybridized carbons (Fsp3) is 0.250. The van der Waals surface area contributed by atoms with Crippen LogP contribution in [0.3, 0.4) is 0 Å². The first-order chi connectivity index (χ1) is 13.6. The Hall–Kier alpha value is -3.55. The summed E-state index contributed by atoms with van der Waals surface area (Å²) in [6, 6.07) is 15.6. The van der Waals surface area contributed by atoms with Crippen molar-refractivity contribution in [1.82, 2.24) is 25.5 Å². The lowest BCUT2D eigenvalue weighted by Gasteiger charge is -2.18. The number of nitrogens with one attached hydrogen (secondary N) is 1. The smallest absolute Gasteiger partial charge is 0.245 e. The van der Waals surface area contributed by atoms with Gasteiger partial charge in [-0.05, 0) is 35.0 Å². The van der Waals surface area contributed by atoms with E-state index < -0.39 is 6.04 Å². The van der Waals surface area contributed by atoms with Gasteiger partial charge in [0.2, 0.25) is 5.91 Å². The standard InChI is InChI=1S/C20H21N5O3/c1-14-22-23-24-25(14)18(12-15-7-6-10-17(11-15)28-2)20(27)21-13-19(26)16-8-4-3-5-9-16/h3-11,18H,12-13H2,1-2H3,(H,21,27)/t18-/m1/s1. The molecule has 1 amide bonds. The zero-order chi connectivity index (χ0) is 19.9. The van der Waals surface area contributed by atoms with Crippen LogP contribution < -0.4 is 10.1 Å². The Morgan fingerprint density at radius 1 is 1.14 bits per heavy atom. The Morgan fingerprint density at radius 2 is 1.93 bits per heavy atom. The van der Waals surface area contributed by atoms with E-state index >= 15 is 0 Å². The Labute approximate surface area is 162 Å². The van der Waals surface area contributed by atoms with Gasteiger partial charge in [0.05, 0.1) is 13.7 Å². The van der Waals surface area contributed by atoms with Crippen LogP contribution in [-0.4, -0.2) is 45.6 Å². The average Bonchev–Trinajstić information content (AvgIpc) is 3.16. The van der Waals surface area contributed by atoms with E-state index in [0.29, 0.717) is 23.6 Å². The molecule has 0 spiro atoms. The number of rotatable bonds is 8. The monoisotopic (exact) mass is 379 g/mol. The van der Waals surface area contributed by atoms with Gasteiger partial charge in [-0.3, -0.25) is 9.59 Å². The van der Waals surface area contributed by atoms with Crippen LogP contribution in [0.25, 0.3) is 0 Å². The number of tetrazole rings is 1. The van der Waals surface area contributed by atoms with Crippen LogP contribution in [-0.2, 0) is 11.2 Å². The van der Waals surface area contributed by atoms with E-state index in [0.717, 1.165) is 5.56 Å². The Bertz CT molecular complexity index is 955. The van der Waals surface area contributed by atoms with Gasteiger partial charge in [-0.25, -0.2) is 4.68 Å². The molecule has 0 radical (unpaired) electrons. The SMILES string of the molecule is COc1cccc(C[C@H](C(=O)NCC(=O)c2ccccc2)n2nnnc2C)c1. The van der Waals surface area contributed by atoms with Crippen LogP contribution in [0.4, 0.5) is 0 Å². The summed E-state index contributed by atoms with van der Waals surface area (Å²) in [6.45, 7) is 1.62. The van der Waals surface area contributed by atoms with Gasteiger partial charge < -0.3 is 10.1 Å². The summed E-state index contributed by atoms with van der Waals surface area (Å²) in [6.07, 6.45) is 0.356. The van der Waals surface area contributed by atoms with Gasteiger partial charge in [0.15, 0.2) is 5.78 Å². The Kier molecular flexibility index (Phi) is 6.11. The molecule has 0 saturated carbocycles. The number of hydrogen-bond donors (Lipinski definition) is 1. The highest BCUT2D eigenvalue weighted by molar-refractivity contribution is 5.99. The minimum atomic E-state index is -0.689. The number of carbonyl (C=O) groups is 2. The summed E-state index contributed by atoms with van der Waals surface area (Å²) >= 11 is 0. The van der Waals surface area contributed by atoms with Crippen molar-refractivity contribution in [1.29, 1.82) is 0 Å². The molecule has 8 nitrogen and oxygen atoms in total. The van der Waals surface area contributed by atoms with E-state index in [9.17, 15) is 9.59 Å². The molecule has 0 aliphatic rings. The van der Waals surface area contributed by atoms with Gasteiger partial charge in [-0.2, -0.15) is 0 Å². The van der Waals surface area contributed by atoms with Crippen molar-refractivity contribution in [3.05, 3.63) is 71.5 Å². The van der Waals surface area contributed by atoms with Crippen LogP contribution in [0.1, 0.15) is 27.8 Å². The van der Waals surface area contributed by atoms with Crippen LogP contribution in [0.2, 0.25) is 0 Å². The van der Waals surface area contributed by atoms with Crippen molar-refractivity contribution >= 4 is 11.7 Å². The molecule has 0 unspecified atom stereocenters. The third-order valence-electron chi connectivity index (χ3n) is 4.34. The van der Waals surface area contributed by atoms with Crippen molar-refractivity contribution in [3.63, 3.8) is 0 Å². The van der Waals surface area contributed by atoms with Crippen molar-refractivity contribution in [2.24, 2.45) is 0 Å². The topological polar surface area (TPSA) is 99.0 Å². The van der Waals surface area contributed by atoms with Gasteiger partial charge in [0.1, 0.15) is 17.6 Å². The predicted octanol–water partition coefficient (Wildman–Crippen LogP) is 1.77. The molecular weight excluding hydrogens is 358 g/mol. The number of ether oxygens (including phenoxy) is 1. The molecule has 0 aliphatic carbocycles. The number of amides is 1. The second-order valence-electron chi connectivity index (χ2n) is 6.25. The fourth-order valence-electron chi connectivity index (χ4n) is 2.85. The molecule has 1 N–H and O–H groups in total. The lowest BCUT2D eigenvalue weighted by atomic mass is 10.0. The number of hydrogen-bond acceptors (Lipinski definition) is 6. The van der Waals surface area contributed by atoms with Gasteiger partial charge in [0.25, 0.3) is 0 Å². The third-order valence-corrected chi connectivity index (χ3v) is 4.34. The fourth-order valence-corrected chi connectivity index (χ4v) is 2.85. The number of methoxy groups -OCH3 is 1. The third kappa shape index (κ3) is 4.59. The molecule has 8 heteroatoms. The molecule has 144 valence electrons. The molecule has 0 bridgehead atoms. The van der Waals surface area contributed by atoms with E-state index in [1.807, 2.05) is 30.3 Å². The van der Waals surface area contributed by atoms with E-state index in [2.05, 4.69) is 20.8 Å². The van der Waals surface area contributed by atoms with E-state index in [-0.39, 0.29) is 18.2 Å². The molecule has 2 aromatic carbocycles. The maximum Gasteiger partial charge on any atom is 0.245 e. The second kappa shape index (κ2) is 8.90. The summed E-state index contributed by atoms with van der Waals surface area (Å²) in [7, 11) is 1.59. The number of nitrogens with zero attached hydrogens (tertiary/aromatic N) is 4. The van der Waals surface area contributed by atoms with Crippen molar-refractivity contribution in [2.45, 2.75) is 19.4 Å². The van der Waals surface area contributed by atoms with Gasteiger partial charge in [-0.15, -0.1) is 5.10 Å². The first kappa shape index (κ1) is 19.2. The van der Waals surface area contributed by atoms with Crippen molar-refractivity contribution < 1.29 is 14.3 Å². The van der Waals surface area contributed by atoms with E-state index in [4.69, 9.17) is 4.74 Å². The zero-order valence-corrected chi connectivity index (χ0v) is 15.7. The Balaban J connectivity index is 1.76. The summed E-state index contributed by atoms with van der Waals surface area (Å²) < 4.78 is 6.71. The summed E-state index contributed by atoms with van der Waals surface area (Å²) in [5.41, 5.74) is 1.44. The molecule has 0 fully saturated rings. The highest BCUT2D eigenvalue weighted by atomic mass is 16.5. The normalized spacial score (nSPS) is 11.6. The highest BCUT2D eigenvalue weighted by Gasteiger charge is 2.25. The largest absolute Gasteiger partial charge is 0.497 e. The van der Waals surface area contributed by atoms with Gasteiger partial charge in [0, 0.05) is 12.0 Å². The molecule has 3 aromatic rings. The number of Topliss-reactive ketones (excluding diaryl/α,β-unsaturated/α-hetero) is 1. The first-order valence-corrected chi connectivity index (χ1v) is 8.82.